The molecule has 1 aliphatic rings. The fourth-order valence-electron chi connectivity index (χ4n) is 1.98. The maximum Gasteiger partial charge on any atom is 0.130 e. The molecule has 64 valence electrons. The maximum absolute atomic E-state index is 10.9. The quantitative estimate of drug-likeness (QED) is 0.611. The summed E-state index contributed by atoms with van der Waals surface area (Å²) >= 11 is 0. The second-order valence-electron chi connectivity index (χ2n) is 4.50. The van der Waals surface area contributed by atoms with Crippen molar-refractivity contribution in [2.45, 2.75) is 46.5 Å². The predicted molar refractivity (Wildman–Crippen MR) is 46.4 cm³/mol. The van der Waals surface area contributed by atoms with Crippen LogP contribution in [0, 0.1) is 11.3 Å². The van der Waals surface area contributed by atoms with E-state index in [0.29, 0.717) is 5.78 Å². The van der Waals surface area contributed by atoms with Crippen LogP contribution in [0.2, 0.25) is 0 Å². The van der Waals surface area contributed by atoms with Gasteiger partial charge in [-0.05, 0) is 31.1 Å². The smallest absolute Gasteiger partial charge is 0.130 e. The zero-order valence-corrected chi connectivity index (χ0v) is 7.81. The van der Waals surface area contributed by atoms with Gasteiger partial charge in [0, 0.05) is 6.42 Å². The predicted octanol–water partition coefficient (Wildman–Crippen LogP) is 2.79. The van der Waals surface area contributed by atoms with Gasteiger partial charge in [0.2, 0.25) is 0 Å². The summed E-state index contributed by atoms with van der Waals surface area (Å²) in [6, 6.07) is 0. The van der Waals surface area contributed by atoms with E-state index in [4.69, 9.17) is 0 Å². The average Bonchev–Trinajstić information content (AvgIpc) is 1.50. The van der Waals surface area contributed by atoms with Crippen LogP contribution in [0.4, 0.5) is 0 Å². The molecule has 0 aromatic rings. The van der Waals surface area contributed by atoms with Crippen LogP contribution < -0.4 is 0 Å². The van der Waals surface area contributed by atoms with Crippen molar-refractivity contribution in [3.8, 4) is 0 Å². The molecule has 0 atom stereocenters. The van der Waals surface area contributed by atoms with Gasteiger partial charge in [0.1, 0.15) is 5.78 Å². The lowest BCUT2D eigenvalue weighted by Crippen LogP contribution is -2.31. The van der Waals surface area contributed by atoms with E-state index < -0.39 is 0 Å². The number of Topliss-reactive ketones (excluding diaryl/α,β-unsaturated/α-hetero) is 1. The van der Waals surface area contributed by atoms with Gasteiger partial charge < -0.3 is 4.79 Å². The number of hydrogen-bond donors (Lipinski definition) is 0. The van der Waals surface area contributed by atoms with Crippen molar-refractivity contribution in [2.75, 3.05) is 0 Å². The van der Waals surface area contributed by atoms with E-state index >= 15 is 0 Å². The Hall–Kier alpha value is -0.330. The van der Waals surface area contributed by atoms with E-state index in [0.717, 1.165) is 12.3 Å². The maximum atomic E-state index is 10.9. The minimum atomic E-state index is 0.268. The molecule has 1 fully saturated rings. The van der Waals surface area contributed by atoms with Crippen molar-refractivity contribution in [1.29, 1.82) is 0 Å². The van der Waals surface area contributed by atoms with Crippen molar-refractivity contribution < 1.29 is 4.79 Å². The minimum absolute atomic E-state index is 0.268. The molecule has 11 heavy (non-hydrogen) atoms. The van der Waals surface area contributed by atoms with E-state index in [9.17, 15) is 4.79 Å². The molecule has 1 heteroatoms. The highest BCUT2D eigenvalue weighted by Crippen LogP contribution is 2.43. The van der Waals surface area contributed by atoms with Crippen molar-refractivity contribution in [3.63, 3.8) is 0 Å². The monoisotopic (exact) mass is 154 g/mol. The number of carbonyl (C=O) groups excluding carboxylic acids is 1. The molecule has 1 saturated carbocycles. The molecule has 0 spiro atoms. The topological polar surface area (TPSA) is 17.1 Å². The fraction of sp³-hybridized carbons (Fsp3) is 0.900. The second-order valence-corrected chi connectivity index (χ2v) is 4.50. The summed E-state index contributed by atoms with van der Waals surface area (Å²) in [6.07, 6.45) is 4.80. The van der Waals surface area contributed by atoms with Crippen molar-refractivity contribution in [3.05, 3.63) is 0 Å². The van der Waals surface area contributed by atoms with Crippen molar-refractivity contribution in [1.82, 2.24) is 0 Å². The van der Waals surface area contributed by atoms with Crippen molar-refractivity contribution in [2.24, 2.45) is 11.3 Å². The van der Waals surface area contributed by atoms with Gasteiger partial charge in [-0.2, -0.15) is 0 Å². The summed E-state index contributed by atoms with van der Waals surface area (Å²) < 4.78 is 0. The molecule has 1 nitrogen and oxygen atoms in total. The summed E-state index contributed by atoms with van der Waals surface area (Å²) in [5.41, 5.74) is 0.268. The molecular formula is C10H18O. The molecule has 0 saturated heterocycles. The lowest BCUT2D eigenvalue weighted by Gasteiger charge is -2.39. The van der Waals surface area contributed by atoms with Crippen LogP contribution >= 0.6 is 0 Å². The normalized spacial score (nSPS) is 19.5. The van der Waals surface area contributed by atoms with Gasteiger partial charge in [-0.15, -0.1) is 0 Å². The summed E-state index contributed by atoms with van der Waals surface area (Å²) in [5.74, 6) is 1.15. The number of rotatable bonds is 3. The largest absolute Gasteiger partial charge is 0.300 e. The summed E-state index contributed by atoms with van der Waals surface area (Å²) in [5, 5.41) is 0. The molecule has 0 unspecified atom stereocenters. The van der Waals surface area contributed by atoms with Crippen LogP contribution in [0.15, 0.2) is 0 Å². The van der Waals surface area contributed by atoms with E-state index in [-0.39, 0.29) is 5.41 Å². The Morgan fingerprint density at radius 2 is 2.00 bits per heavy atom. The Kier molecular flexibility index (Phi) is 2.36. The Morgan fingerprint density at radius 3 is 2.27 bits per heavy atom. The molecule has 1 rings (SSSR count). The van der Waals surface area contributed by atoms with Gasteiger partial charge in [0.05, 0.1) is 0 Å². The van der Waals surface area contributed by atoms with E-state index in [1.165, 1.54) is 19.3 Å². The van der Waals surface area contributed by atoms with Crippen LogP contribution in [0.1, 0.15) is 46.5 Å². The van der Waals surface area contributed by atoms with E-state index in [1.807, 2.05) is 0 Å². The first-order valence-corrected chi connectivity index (χ1v) is 4.52. The van der Waals surface area contributed by atoms with E-state index in [2.05, 4.69) is 13.8 Å². The third kappa shape index (κ3) is 2.05. The van der Waals surface area contributed by atoms with Gasteiger partial charge in [-0.25, -0.2) is 0 Å². The summed E-state index contributed by atoms with van der Waals surface area (Å²) in [6.45, 7) is 6.14. The Balaban J connectivity index is 2.43. The molecule has 0 aromatic heterocycles. The molecule has 1 aliphatic carbocycles. The first-order valence-electron chi connectivity index (χ1n) is 4.52. The SMILES string of the molecule is CC(=O)CC(C)(C)C1CCC1. The number of carbonyl (C=O) groups is 1. The molecule has 0 heterocycles. The lowest BCUT2D eigenvalue weighted by molar-refractivity contribution is -0.120. The first-order chi connectivity index (χ1) is 5.02. The van der Waals surface area contributed by atoms with Gasteiger partial charge in [-0.3, -0.25) is 0 Å². The second kappa shape index (κ2) is 2.96. The fourth-order valence-corrected chi connectivity index (χ4v) is 1.98. The Morgan fingerprint density at radius 1 is 1.45 bits per heavy atom. The molecule has 0 aliphatic heterocycles. The third-order valence-electron chi connectivity index (χ3n) is 2.91. The zero-order valence-electron chi connectivity index (χ0n) is 7.81. The van der Waals surface area contributed by atoms with Crippen LogP contribution in [0.25, 0.3) is 0 Å². The lowest BCUT2D eigenvalue weighted by atomic mass is 9.65. The summed E-state index contributed by atoms with van der Waals surface area (Å²) in [4.78, 5) is 10.9. The molecule has 0 N–H and O–H groups in total. The van der Waals surface area contributed by atoms with E-state index in [1.54, 1.807) is 6.92 Å². The highest BCUT2D eigenvalue weighted by atomic mass is 16.1. The Labute approximate surface area is 69.2 Å². The standard InChI is InChI=1S/C10H18O/c1-8(11)7-10(2,3)9-5-4-6-9/h9H,4-7H2,1-3H3. The average molecular weight is 154 g/mol. The van der Waals surface area contributed by atoms with Crippen LogP contribution in [0.3, 0.4) is 0 Å². The van der Waals surface area contributed by atoms with Crippen molar-refractivity contribution >= 4 is 5.78 Å². The van der Waals surface area contributed by atoms with Gasteiger partial charge in [0.15, 0.2) is 0 Å². The molecule has 0 bridgehead atoms. The highest BCUT2D eigenvalue weighted by molar-refractivity contribution is 5.76. The highest BCUT2D eigenvalue weighted by Gasteiger charge is 2.34. The molecular weight excluding hydrogens is 136 g/mol. The third-order valence-corrected chi connectivity index (χ3v) is 2.91. The summed E-state index contributed by atoms with van der Waals surface area (Å²) in [7, 11) is 0. The molecule has 0 aromatic carbocycles. The minimum Gasteiger partial charge on any atom is -0.300 e. The first kappa shape index (κ1) is 8.76. The molecule has 0 radical (unpaired) electrons. The Bertz CT molecular complexity index is 154. The van der Waals surface area contributed by atoms with Gasteiger partial charge in [-0.1, -0.05) is 20.3 Å². The van der Waals surface area contributed by atoms with Crippen LogP contribution in [-0.4, -0.2) is 5.78 Å². The van der Waals surface area contributed by atoms with Crippen LogP contribution in [-0.2, 0) is 4.79 Å². The number of ketones is 1. The zero-order chi connectivity index (χ0) is 8.48. The van der Waals surface area contributed by atoms with Gasteiger partial charge >= 0.3 is 0 Å². The number of hydrogen-bond acceptors (Lipinski definition) is 1. The van der Waals surface area contributed by atoms with Crippen LogP contribution in [0.5, 0.6) is 0 Å². The van der Waals surface area contributed by atoms with Gasteiger partial charge in [0.25, 0.3) is 0 Å². The molecule has 0 amide bonds.